The zero-order valence-corrected chi connectivity index (χ0v) is 19.1. The van der Waals surface area contributed by atoms with E-state index in [1.165, 1.54) is 17.2 Å². The molecule has 1 fully saturated rings. The van der Waals surface area contributed by atoms with Crippen molar-refractivity contribution in [2.45, 2.75) is 31.5 Å². The van der Waals surface area contributed by atoms with Crippen LogP contribution in [0.5, 0.6) is 0 Å². The predicted molar refractivity (Wildman–Crippen MR) is 128 cm³/mol. The van der Waals surface area contributed by atoms with Crippen molar-refractivity contribution in [2.24, 2.45) is 4.99 Å². The van der Waals surface area contributed by atoms with Crippen molar-refractivity contribution in [2.75, 3.05) is 32.7 Å². The van der Waals surface area contributed by atoms with Gasteiger partial charge in [-0.2, -0.15) is 0 Å². The number of aliphatic hydroxyl groups is 1. The molecular formula is C26H29N5O3. The second kappa shape index (κ2) is 9.87. The third-order valence-corrected chi connectivity index (χ3v) is 6.68. The van der Waals surface area contributed by atoms with Crippen LogP contribution in [-0.4, -0.2) is 81.8 Å². The maximum atomic E-state index is 12.9. The molecule has 0 spiro atoms. The number of rotatable bonds is 7. The monoisotopic (exact) mass is 459 g/mol. The number of carbonyl (C=O) groups is 2. The minimum atomic E-state index is -0.580. The summed E-state index contributed by atoms with van der Waals surface area (Å²) < 4.78 is 0. The third-order valence-electron chi connectivity index (χ3n) is 6.68. The molecule has 8 nitrogen and oxygen atoms in total. The predicted octanol–water partition coefficient (Wildman–Crippen LogP) is 1.99. The number of amides is 3. The number of nitrogens with zero attached hydrogens (tertiary/aromatic N) is 5. The summed E-state index contributed by atoms with van der Waals surface area (Å²) in [5.74, 6) is -0.303. The number of dihydropyridines is 1. The number of hydrogen-bond donors (Lipinski definition) is 1. The maximum absolute atomic E-state index is 12.9. The number of allylic oxidation sites excluding steroid dienone is 1. The Labute approximate surface area is 199 Å². The summed E-state index contributed by atoms with van der Waals surface area (Å²) in [6.07, 6.45) is 7.08. The number of carbonyl (C=O) groups excluding carboxylic acids is 2. The van der Waals surface area contributed by atoms with Crippen LogP contribution in [0.1, 0.15) is 28.3 Å². The molecule has 0 radical (unpaired) electrons. The number of fused-ring (bicyclic) bond motifs is 1. The molecule has 176 valence electrons. The average molecular weight is 460 g/mol. The molecule has 3 amide bonds. The van der Waals surface area contributed by atoms with Gasteiger partial charge in [0.25, 0.3) is 5.91 Å². The summed E-state index contributed by atoms with van der Waals surface area (Å²) in [7, 11) is 0. The third kappa shape index (κ3) is 5.08. The fourth-order valence-electron chi connectivity index (χ4n) is 4.82. The highest BCUT2D eigenvalue weighted by Gasteiger charge is 2.30. The number of aliphatic hydroxyl groups excluding tert-OH is 1. The molecule has 1 aromatic carbocycles. The van der Waals surface area contributed by atoms with Gasteiger partial charge in [-0.15, -0.1) is 0 Å². The highest BCUT2D eigenvalue weighted by Crippen LogP contribution is 2.20. The number of aromatic nitrogens is 1. The molecule has 2 aromatic rings. The van der Waals surface area contributed by atoms with Crippen LogP contribution in [-0.2, 0) is 24.3 Å². The smallest absolute Gasteiger partial charge is 0.320 e. The Balaban J connectivity index is 1.11. The summed E-state index contributed by atoms with van der Waals surface area (Å²) in [6, 6.07) is 12.3. The lowest BCUT2D eigenvalue weighted by atomic mass is 10.00. The quantitative estimate of drug-likeness (QED) is 0.684. The van der Waals surface area contributed by atoms with Gasteiger partial charge >= 0.3 is 6.03 Å². The van der Waals surface area contributed by atoms with Gasteiger partial charge in [-0.05, 0) is 29.2 Å². The van der Waals surface area contributed by atoms with Gasteiger partial charge in [0.15, 0.2) is 0 Å². The van der Waals surface area contributed by atoms with Crippen LogP contribution in [0.3, 0.4) is 0 Å². The van der Waals surface area contributed by atoms with Crippen molar-refractivity contribution in [1.29, 1.82) is 0 Å². The summed E-state index contributed by atoms with van der Waals surface area (Å²) in [5.41, 5.74) is 4.47. The minimum Gasteiger partial charge on any atom is -0.390 e. The van der Waals surface area contributed by atoms with Gasteiger partial charge in [0.2, 0.25) is 0 Å². The van der Waals surface area contributed by atoms with Crippen LogP contribution < -0.4 is 0 Å². The lowest BCUT2D eigenvalue weighted by Crippen LogP contribution is -2.43. The van der Waals surface area contributed by atoms with E-state index in [2.05, 4.69) is 39.1 Å². The molecule has 1 N–H and O–H groups in total. The molecule has 1 saturated heterocycles. The van der Waals surface area contributed by atoms with E-state index >= 15 is 0 Å². The summed E-state index contributed by atoms with van der Waals surface area (Å²) in [5, 5.41) is 10.7. The van der Waals surface area contributed by atoms with Gasteiger partial charge < -0.3 is 14.9 Å². The Morgan fingerprint density at radius 1 is 1.00 bits per heavy atom. The zero-order valence-electron chi connectivity index (χ0n) is 19.1. The molecule has 3 aliphatic heterocycles. The molecule has 34 heavy (non-hydrogen) atoms. The van der Waals surface area contributed by atoms with Crippen LogP contribution in [0.15, 0.2) is 59.7 Å². The van der Waals surface area contributed by atoms with Crippen molar-refractivity contribution < 1.29 is 14.7 Å². The van der Waals surface area contributed by atoms with Gasteiger partial charge in [-0.1, -0.05) is 36.4 Å². The first-order valence-electron chi connectivity index (χ1n) is 11.8. The van der Waals surface area contributed by atoms with E-state index in [1.807, 2.05) is 18.2 Å². The number of aliphatic imine (C=N–C) groups is 1. The molecule has 1 aromatic heterocycles. The normalized spacial score (nSPS) is 21.3. The van der Waals surface area contributed by atoms with Crippen molar-refractivity contribution in [3.8, 4) is 0 Å². The molecule has 5 rings (SSSR count). The van der Waals surface area contributed by atoms with E-state index in [0.29, 0.717) is 32.7 Å². The summed E-state index contributed by atoms with van der Waals surface area (Å²) in [6.45, 7) is 4.32. The summed E-state index contributed by atoms with van der Waals surface area (Å²) >= 11 is 0. The van der Waals surface area contributed by atoms with Crippen LogP contribution in [0.25, 0.3) is 0 Å². The first-order chi connectivity index (χ1) is 16.5. The first-order valence-corrected chi connectivity index (χ1v) is 11.8. The maximum Gasteiger partial charge on any atom is 0.320 e. The lowest BCUT2D eigenvalue weighted by molar-refractivity contribution is -0.113. The van der Waals surface area contributed by atoms with E-state index in [-0.39, 0.29) is 17.9 Å². The topological polar surface area (TPSA) is 89.3 Å². The molecule has 1 unspecified atom stereocenters. The molecule has 4 heterocycles. The Bertz CT molecular complexity index is 1100. The van der Waals surface area contributed by atoms with Gasteiger partial charge in [0.05, 0.1) is 18.3 Å². The molecule has 2 atom stereocenters. The highest BCUT2D eigenvalue weighted by atomic mass is 16.3. The van der Waals surface area contributed by atoms with Gasteiger partial charge in [0, 0.05) is 63.7 Å². The first kappa shape index (κ1) is 22.4. The van der Waals surface area contributed by atoms with Crippen LogP contribution in [0.4, 0.5) is 4.79 Å². The minimum absolute atomic E-state index is 0.0574. The number of hydrogen-bond acceptors (Lipinski definition) is 5. The SMILES string of the molecule is O=C1C=CC(c2ccc(CN3CCN(C[C@H](O)CN4CCc5ccccc5C4)C3=O)nc2)C=N1. The van der Waals surface area contributed by atoms with Crippen molar-refractivity contribution in [3.63, 3.8) is 0 Å². The summed E-state index contributed by atoms with van der Waals surface area (Å²) in [4.78, 5) is 38.2. The zero-order chi connectivity index (χ0) is 23.5. The molecule has 0 bridgehead atoms. The fourth-order valence-corrected chi connectivity index (χ4v) is 4.82. The van der Waals surface area contributed by atoms with Crippen LogP contribution >= 0.6 is 0 Å². The Kier molecular flexibility index (Phi) is 6.51. The van der Waals surface area contributed by atoms with Crippen molar-refractivity contribution in [3.05, 3.63) is 77.1 Å². The van der Waals surface area contributed by atoms with Crippen molar-refractivity contribution >= 4 is 18.2 Å². The Morgan fingerprint density at radius 3 is 2.59 bits per heavy atom. The fraction of sp³-hybridized carbons (Fsp3) is 0.385. The second-order valence-electron chi connectivity index (χ2n) is 9.14. The van der Waals surface area contributed by atoms with Gasteiger partial charge in [-0.25, -0.2) is 9.79 Å². The number of pyridine rings is 1. The molecule has 0 saturated carbocycles. The van der Waals surface area contributed by atoms with E-state index in [0.717, 1.165) is 30.8 Å². The van der Waals surface area contributed by atoms with E-state index in [1.54, 1.807) is 22.2 Å². The molecule has 3 aliphatic rings. The number of urea groups is 1. The van der Waals surface area contributed by atoms with Crippen LogP contribution in [0, 0.1) is 0 Å². The van der Waals surface area contributed by atoms with E-state index < -0.39 is 6.10 Å². The van der Waals surface area contributed by atoms with E-state index in [4.69, 9.17) is 0 Å². The Morgan fingerprint density at radius 2 is 1.82 bits per heavy atom. The molecular weight excluding hydrogens is 430 g/mol. The average Bonchev–Trinajstić information content (AvgIpc) is 3.18. The largest absolute Gasteiger partial charge is 0.390 e. The Hall–Kier alpha value is -3.36. The standard InChI is InChI=1S/C26H29N5O3/c32-24(17-29-10-9-19-3-1-2-4-22(19)15-29)18-31-12-11-30(26(31)34)16-23-7-5-20(13-27-23)21-6-8-25(33)28-14-21/h1-8,13-14,21,24,32H,9-12,15-18H2/t21?,24-/m1/s1. The van der Waals surface area contributed by atoms with E-state index in [9.17, 15) is 14.7 Å². The molecule has 0 aliphatic carbocycles. The van der Waals surface area contributed by atoms with Gasteiger partial charge in [-0.3, -0.25) is 14.7 Å². The highest BCUT2D eigenvalue weighted by molar-refractivity contribution is 5.98. The van der Waals surface area contributed by atoms with Crippen LogP contribution in [0.2, 0.25) is 0 Å². The number of benzene rings is 1. The van der Waals surface area contributed by atoms with Gasteiger partial charge in [0.1, 0.15) is 0 Å². The second-order valence-corrected chi connectivity index (χ2v) is 9.14. The lowest BCUT2D eigenvalue weighted by Gasteiger charge is -2.31. The number of β-amino-alcohol motifs (C(OH)–C–C–N with tert-alkyl or cyclic N) is 1. The molecule has 8 heteroatoms. The van der Waals surface area contributed by atoms with Crippen molar-refractivity contribution in [1.82, 2.24) is 19.7 Å².